The van der Waals surface area contributed by atoms with Crippen LogP contribution in [0.4, 0.5) is 0 Å². The molecule has 0 saturated carbocycles. The number of carbonyl (C=O) groups is 3. The number of ether oxygens (including phenoxy) is 4. The van der Waals surface area contributed by atoms with Crippen LogP contribution in [0.25, 0.3) is 0 Å². The maximum Gasteiger partial charge on any atom is 0.337 e. The third kappa shape index (κ3) is 2.37. The van der Waals surface area contributed by atoms with Crippen LogP contribution in [0.5, 0.6) is 0 Å². The van der Waals surface area contributed by atoms with Crippen molar-refractivity contribution in [1.82, 2.24) is 0 Å². The highest BCUT2D eigenvalue weighted by molar-refractivity contribution is 5.96. The van der Waals surface area contributed by atoms with Gasteiger partial charge in [-0.15, -0.1) is 0 Å². The van der Waals surface area contributed by atoms with Crippen molar-refractivity contribution >= 4 is 17.7 Å². The SMILES string of the molecule is C=C1C(=O)O[C@@H]2[C@H]3O[C@]3(C)CCC(=O)[C@@]3(C)C[C@H](OC(=O)/C(C)=C/C)[C@@]12O3. The summed E-state index contributed by atoms with van der Waals surface area (Å²) in [6, 6.07) is 0. The molecule has 4 heterocycles. The summed E-state index contributed by atoms with van der Waals surface area (Å²) in [5.41, 5.74) is -2.68. The number of esters is 2. The quantitative estimate of drug-likeness (QED) is 0.412. The lowest BCUT2D eigenvalue weighted by Gasteiger charge is -2.34. The Balaban J connectivity index is 1.81. The smallest absolute Gasteiger partial charge is 0.337 e. The Bertz CT molecular complexity index is 798. The summed E-state index contributed by atoms with van der Waals surface area (Å²) in [6.45, 7) is 10.8. The van der Waals surface area contributed by atoms with E-state index in [1.165, 1.54) is 0 Å². The number of Topliss-reactive ketones (excluding diaryl/α,β-unsaturated/α-hetero) is 1. The fourth-order valence-electron chi connectivity index (χ4n) is 4.48. The van der Waals surface area contributed by atoms with Gasteiger partial charge in [0.2, 0.25) is 0 Å². The van der Waals surface area contributed by atoms with E-state index >= 15 is 0 Å². The van der Waals surface area contributed by atoms with Gasteiger partial charge in [-0.3, -0.25) is 4.79 Å². The van der Waals surface area contributed by atoms with Crippen LogP contribution in [0.1, 0.15) is 47.0 Å². The monoisotopic (exact) mass is 376 g/mol. The molecule has 7 nitrogen and oxygen atoms in total. The van der Waals surface area contributed by atoms with Gasteiger partial charge in [-0.05, 0) is 34.1 Å². The Morgan fingerprint density at radius 3 is 2.67 bits per heavy atom. The average Bonchev–Trinajstić information content (AvgIpc) is 3.10. The summed E-state index contributed by atoms with van der Waals surface area (Å²) in [7, 11) is 0. The topological polar surface area (TPSA) is 91.4 Å². The van der Waals surface area contributed by atoms with E-state index in [0.717, 1.165) is 0 Å². The number of rotatable bonds is 2. The summed E-state index contributed by atoms with van der Waals surface area (Å²) >= 11 is 0. The van der Waals surface area contributed by atoms with Crippen molar-refractivity contribution in [3.05, 3.63) is 23.8 Å². The Morgan fingerprint density at radius 1 is 1.30 bits per heavy atom. The molecule has 7 heteroatoms. The molecule has 0 N–H and O–H groups in total. The molecule has 4 aliphatic rings. The maximum atomic E-state index is 12.9. The zero-order valence-corrected chi connectivity index (χ0v) is 16.0. The predicted octanol–water partition coefficient (Wildman–Crippen LogP) is 1.78. The molecule has 4 saturated heterocycles. The number of carbonyl (C=O) groups excluding carboxylic acids is 3. The lowest BCUT2D eigenvalue weighted by molar-refractivity contribution is -0.172. The summed E-state index contributed by atoms with van der Waals surface area (Å²) in [4.78, 5) is 37.8. The number of allylic oxidation sites excluding steroid dienone is 1. The van der Waals surface area contributed by atoms with Gasteiger partial charge in [0, 0.05) is 18.4 Å². The fraction of sp³-hybridized carbons (Fsp3) is 0.650. The zero-order chi connectivity index (χ0) is 19.8. The van der Waals surface area contributed by atoms with Crippen molar-refractivity contribution in [2.75, 3.05) is 0 Å². The second-order valence-electron chi connectivity index (χ2n) is 8.27. The van der Waals surface area contributed by atoms with Crippen LogP contribution < -0.4 is 0 Å². The van der Waals surface area contributed by atoms with Gasteiger partial charge in [0.1, 0.15) is 17.8 Å². The van der Waals surface area contributed by atoms with Gasteiger partial charge in [-0.1, -0.05) is 12.7 Å². The van der Waals surface area contributed by atoms with Crippen molar-refractivity contribution in [3.63, 3.8) is 0 Å². The standard InChI is InChI=1S/C20H24O7/c1-6-10(2)16(22)24-13-9-19(5)12(21)7-8-18(4)14(26-18)15-20(13,27-19)11(3)17(23)25-15/h6,13-15H,3,7-9H2,1-2,4-5H3/b10-6+/t13-,14+,15+,18+,19+,20-/m0/s1. The number of epoxide rings is 1. The van der Waals surface area contributed by atoms with E-state index < -0.39 is 47.1 Å². The van der Waals surface area contributed by atoms with Crippen LogP contribution in [0, 0.1) is 0 Å². The molecule has 0 unspecified atom stereocenters. The second-order valence-corrected chi connectivity index (χ2v) is 8.27. The summed E-state index contributed by atoms with van der Waals surface area (Å²) < 4.78 is 23.4. The average molecular weight is 376 g/mol. The molecule has 0 aromatic carbocycles. The number of ketones is 1. The molecule has 4 rings (SSSR count). The molecule has 4 fully saturated rings. The van der Waals surface area contributed by atoms with Gasteiger partial charge < -0.3 is 18.9 Å². The normalized spacial score (nSPS) is 46.0. The first kappa shape index (κ1) is 18.4. The molecule has 146 valence electrons. The van der Waals surface area contributed by atoms with Gasteiger partial charge in [0.15, 0.2) is 17.5 Å². The Hall–Kier alpha value is -1.99. The first-order valence-electron chi connectivity index (χ1n) is 9.23. The molecule has 0 aliphatic carbocycles. The van der Waals surface area contributed by atoms with Crippen LogP contribution in [0.15, 0.2) is 23.8 Å². The Labute approximate surface area is 157 Å². The van der Waals surface area contributed by atoms with Gasteiger partial charge in [0.05, 0.1) is 11.2 Å². The Morgan fingerprint density at radius 2 is 2.00 bits per heavy atom. The molecule has 4 aliphatic heterocycles. The first-order valence-corrected chi connectivity index (χ1v) is 9.23. The van der Waals surface area contributed by atoms with Gasteiger partial charge in [0.25, 0.3) is 0 Å². The van der Waals surface area contributed by atoms with Crippen LogP contribution >= 0.6 is 0 Å². The number of hydrogen-bond donors (Lipinski definition) is 0. The van der Waals surface area contributed by atoms with E-state index in [1.807, 2.05) is 6.92 Å². The number of fused-ring (bicyclic) bond motifs is 3. The molecular formula is C20H24O7. The minimum absolute atomic E-state index is 0.0692. The van der Waals surface area contributed by atoms with Crippen molar-refractivity contribution in [2.45, 2.75) is 82.1 Å². The minimum Gasteiger partial charge on any atom is -0.455 e. The van der Waals surface area contributed by atoms with Gasteiger partial charge in [-0.2, -0.15) is 0 Å². The van der Waals surface area contributed by atoms with Crippen molar-refractivity contribution in [2.24, 2.45) is 0 Å². The van der Waals surface area contributed by atoms with E-state index in [0.29, 0.717) is 12.0 Å². The van der Waals surface area contributed by atoms with Crippen LogP contribution in [0.2, 0.25) is 0 Å². The van der Waals surface area contributed by atoms with E-state index in [-0.39, 0.29) is 24.2 Å². The molecule has 2 bridgehead atoms. The van der Waals surface area contributed by atoms with E-state index in [2.05, 4.69) is 6.58 Å². The Kier molecular flexibility index (Phi) is 3.75. The third-order valence-electron chi connectivity index (χ3n) is 6.48. The second kappa shape index (κ2) is 5.52. The van der Waals surface area contributed by atoms with Gasteiger partial charge in [-0.25, -0.2) is 9.59 Å². The largest absolute Gasteiger partial charge is 0.455 e. The molecule has 0 aromatic heterocycles. The highest BCUT2D eigenvalue weighted by Gasteiger charge is 2.76. The minimum atomic E-state index is -1.42. The molecule has 0 radical (unpaired) electrons. The molecule has 0 amide bonds. The fourth-order valence-corrected chi connectivity index (χ4v) is 4.48. The maximum absolute atomic E-state index is 12.9. The van der Waals surface area contributed by atoms with E-state index in [1.54, 1.807) is 26.8 Å². The molecule has 1 spiro atoms. The molecule has 6 atom stereocenters. The van der Waals surface area contributed by atoms with Crippen LogP contribution in [-0.4, -0.2) is 52.8 Å². The summed E-state index contributed by atoms with van der Waals surface area (Å²) in [5, 5.41) is 0. The zero-order valence-electron chi connectivity index (χ0n) is 16.0. The lowest BCUT2D eigenvalue weighted by atomic mass is 9.78. The lowest BCUT2D eigenvalue weighted by Crippen LogP contribution is -2.53. The highest BCUT2D eigenvalue weighted by atomic mass is 16.7. The predicted molar refractivity (Wildman–Crippen MR) is 92.7 cm³/mol. The molecule has 27 heavy (non-hydrogen) atoms. The van der Waals surface area contributed by atoms with E-state index in [9.17, 15) is 14.4 Å². The van der Waals surface area contributed by atoms with Crippen LogP contribution in [-0.2, 0) is 33.3 Å². The summed E-state index contributed by atoms with van der Waals surface area (Å²) in [5.74, 6) is -1.24. The van der Waals surface area contributed by atoms with Gasteiger partial charge >= 0.3 is 11.9 Å². The van der Waals surface area contributed by atoms with Crippen molar-refractivity contribution < 1.29 is 33.3 Å². The number of hydrogen-bond acceptors (Lipinski definition) is 7. The summed E-state index contributed by atoms with van der Waals surface area (Å²) in [6.07, 6.45) is 0.475. The molecular weight excluding hydrogens is 352 g/mol. The molecule has 0 aromatic rings. The highest BCUT2D eigenvalue weighted by Crippen LogP contribution is 2.58. The third-order valence-corrected chi connectivity index (χ3v) is 6.48. The van der Waals surface area contributed by atoms with Crippen molar-refractivity contribution in [3.8, 4) is 0 Å². The first-order chi connectivity index (χ1) is 12.6. The van der Waals surface area contributed by atoms with Crippen molar-refractivity contribution in [1.29, 1.82) is 0 Å². The van der Waals surface area contributed by atoms with Crippen LogP contribution in [0.3, 0.4) is 0 Å². The van der Waals surface area contributed by atoms with E-state index in [4.69, 9.17) is 18.9 Å².